The first-order valence-corrected chi connectivity index (χ1v) is 11.5. The van der Waals surface area contributed by atoms with Crippen LogP contribution in [0.3, 0.4) is 0 Å². The molecule has 0 radical (unpaired) electrons. The van der Waals surface area contributed by atoms with E-state index in [1.807, 2.05) is 54.6 Å². The van der Waals surface area contributed by atoms with Gasteiger partial charge in [-0.05, 0) is 42.5 Å². The van der Waals surface area contributed by atoms with Crippen LogP contribution in [-0.4, -0.2) is 31.5 Å². The second-order valence-electron chi connectivity index (χ2n) is 8.57. The molecule has 1 fully saturated rings. The van der Waals surface area contributed by atoms with Gasteiger partial charge in [-0.2, -0.15) is 13.2 Å². The third-order valence-corrected chi connectivity index (χ3v) is 6.29. The number of hydrogen-bond donors (Lipinski definition) is 0. The first-order valence-electron chi connectivity index (χ1n) is 11.5. The molecule has 1 aliphatic rings. The minimum atomic E-state index is -4.99. The van der Waals surface area contributed by atoms with Crippen molar-refractivity contribution in [3.63, 3.8) is 0 Å². The molecule has 3 aromatic rings. The molecule has 0 bridgehead atoms. The Balaban J connectivity index is 1.43. The van der Waals surface area contributed by atoms with Gasteiger partial charge in [0.15, 0.2) is 0 Å². The second kappa shape index (κ2) is 10.5. The fourth-order valence-corrected chi connectivity index (χ4v) is 4.49. The van der Waals surface area contributed by atoms with E-state index in [2.05, 4.69) is 0 Å². The summed E-state index contributed by atoms with van der Waals surface area (Å²) in [6.45, 7) is 0. The Labute approximate surface area is 202 Å². The van der Waals surface area contributed by atoms with E-state index in [0.29, 0.717) is 25.0 Å². The van der Waals surface area contributed by atoms with E-state index in [1.54, 1.807) is 6.07 Å². The molecular weight excluding hydrogens is 457 g/mol. The standard InChI is InChI=1S/C28H27F3O4/c1-33-27(28(29,30)31,22-11-6-3-7-12-22)26(32)35-25-14-8-13-24(19-25)34-23-17-15-21(16-18-23)20-9-4-2-5-10-20/h2-7,9-12,15-18,24-25H,8,13-14,19H2,1H3/t24-,25-,27-/m0/s1. The fourth-order valence-electron chi connectivity index (χ4n) is 4.49. The summed E-state index contributed by atoms with van der Waals surface area (Å²) in [6, 6.07) is 24.4. The molecule has 184 valence electrons. The van der Waals surface area contributed by atoms with Gasteiger partial charge in [0.1, 0.15) is 18.0 Å². The molecular formula is C28H27F3O4. The minimum Gasteiger partial charge on any atom is -0.490 e. The van der Waals surface area contributed by atoms with Crippen LogP contribution < -0.4 is 4.74 Å². The Morgan fingerprint density at radius 1 is 0.800 bits per heavy atom. The van der Waals surface area contributed by atoms with Gasteiger partial charge in [0.05, 0.1) is 0 Å². The average Bonchev–Trinajstić information content (AvgIpc) is 2.86. The van der Waals surface area contributed by atoms with Gasteiger partial charge in [0.2, 0.25) is 0 Å². The summed E-state index contributed by atoms with van der Waals surface area (Å²) in [5.74, 6) is -0.802. The Bertz CT molecular complexity index is 1100. The van der Waals surface area contributed by atoms with Gasteiger partial charge in [-0.25, -0.2) is 4.79 Å². The number of ether oxygens (including phenoxy) is 3. The van der Waals surface area contributed by atoms with Gasteiger partial charge >= 0.3 is 12.1 Å². The van der Waals surface area contributed by atoms with E-state index in [0.717, 1.165) is 24.7 Å². The third kappa shape index (κ3) is 5.35. The van der Waals surface area contributed by atoms with Crippen LogP contribution in [0.1, 0.15) is 31.2 Å². The predicted molar refractivity (Wildman–Crippen MR) is 126 cm³/mol. The number of carbonyl (C=O) groups is 1. The number of rotatable bonds is 7. The lowest BCUT2D eigenvalue weighted by Crippen LogP contribution is -2.53. The zero-order valence-electron chi connectivity index (χ0n) is 19.3. The van der Waals surface area contributed by atoms with Crippen molar-refractivity contribution in [3.8, 4) is 16.9 Å². The maximum atomic E-state index is 14.1. The molecule has 0 aromatic heterocycles. The maximum Gasteiger partial charge on any atom is 0.432 e. The minimum absolute atomic E-state index is 0.274. The molecule has 7 heteroatoms. The highest BCUT2D eigenvalue weighted by atomic mass is 19.4. The maximum absolute atomic E-state index is 14.1. The van der Waals surface area contributed by atoms with Crippen molar-refractivity contribution >= 4 is 5.97 Å². The van der Waals surface area contributed by atoms with E-state index in [-0.39, 0.29) is 11.7 Å². The molecule has 4 nitrogen and oxygen atoms in total. The van der Waals surface area contributed by atoms with E-state index >= 15 is 0 Å². The SMILES string of the molecule is CO[C@](C(=O)O[C@H]1CCC[C@H](Oc2ccc(-c3ccccc3)cc2)C1)(c1ccccc1)C(F)(F)F. The van der Waals surface area contributed by atoms with Crippen LogP contribution in [0.15, 0.2) is 84.9 Å². The van der Waals surface area contributed by atoms with Crippen molar-refractivity contribution in [2.75, 3.05) is 7.11 Å². The Morgan fingerprint density at radius 3 is 1.97 bits per heavy atom. The predicted octanol–water partition coefficient (Wildman–Crippen LogP) is 6.69. The van der Waals surface area contributed by atoms with Gasteiger partial charge in [-0.3, -0.25) is 0 Å². The van der Waals surface area contributed by atoms with E-state index in [4.69, 9.17) is 14.2 Å². The van der Waals surface area contributed by atoms with Gasteiger partial charge in [0, 0.05) is 19.1 Å². The van der Waals surface area contributed by atoms with Gasteiger partial charge in [-0.15, -0.1) is 0 Å². The normalized spacial score (nSPS) is 20.0. The molecule has 0 saturated heterocycles. The van der Waals surface area contributed by atoms with Crippen LogP contribution in [0, 0.1) is 0 Å². The molecule has 0 amide bonds. The highest BCUT2D eigenvalue weighted by Crippen LogP contribution is 2.43. The Hall–Kier alpha value is -3.32. The van der Waals surface area contributed by atoms with Crippen LogP contribution in [0.25, 0.3) is 11.1 Å². The molecule has 0 spiro atoms. The third-order valence-electron chi connectivity index (χ3n) is 6.29. The smallest absolute Gasteiger partial charge is 0.432 e. The molecule has 35 heavy (non-hydrogen) atoms. The number of hydrogen-bond acceptors (Lipinski definition) is 4. The topological polar surface area (TPSA) is 44.8 Å². The molecule has 1 saturated carbocycles. The number of methoxy groups -OCH3 is 1. The van der Waals surface area contributed by atoms with E-state index in [1.165, 1.54) is 24.3 Å². The first kappa shape index (κ1) is 24.8. The number of benzene rings is 3. The highest BCUT2D eigenvalue weighted by molar-refractivity contribution is 5.82. The largest absolute Gasteiger partial charge is 0.490 e. The number of alkyl halides is 3. The van der Waals surface area contributed by atoms with Gasteiger partial charge in [0.25, 0.3) is 5.60 Å². The summed E-state index contributed by atoms with van der Waals surface area (Å²) in [7, 11) is 0.869. The molecule has 3 atom stereocenters. The van der Waals surface area contributed by atoms with Gasteiger partial charge in [-0.1, -0.05) is 72.8 Å². The number of esters is 1. The molecule has 0 heterocycles. The zero-order chi connectivity index (χ0) is 24.9. The molecule has 0 N–H and O–H groups in total. The molecule has 1 aliphatic carbocycles. The quantitative estimate of drug-likeness (QED) is 0.351. The lowest BCUT2D eigenvalue weighted by molar-refractivity contribution is -0.278. The zero-order valence-corrected chi connectivity index (χ0v) is 19.3. The summed E-state index contributed by atoms with van der Waals surface area (Å²) in [5, 5.41) is 0. The summed E-state index contributed by atoms with van der Waals surface area (Å²) < 4.78 is 58.7. The summed E-state index contributed by atoms with van der Waals surface area (Å²) in [6.07, 6.45) is -3.81. The van der Waals surface area contributed by atoms with Crippen LogP contribution in [-0.2, 0) is 19.9 Å². The van der Waals surface area contributed by atoms with Crippen molar-refractivity contribution in [1.29, 1.82) is 0 Å². The van der Waals surface area contributed by atoms with E-state index < -0.39 is 23.9 Å². The monoisotopic (exact) mass is 484 g/mol. The lowest BCUT2D eigenvalue weighted by Gasteiger charge is -2.35. The summed E-state index contributed by atoms with van der Waals surface area (Å²) >= 11 is 0. The molecule has 4 rings (SSSR count). The number of carbonyl (C=O) groups excluding carboxylic acids is 1. The molecule has 0 aliphatic heterocycles. The summed E-state index contributed by atoms with van der Waals surface area (Å²) in [4.78, 5) is 12.9. The van der Waals surface area contributed by atoms with Crippen molar-refractivity contribution in [1.82, 2.24) is 0 Å². The lowest BCUT2D eigenvalue weighted by atomic mass is 9.91. The summed E-state index contributed by atoms with van der Waals surface area (Å²) in [5.41, 5.74) is -1.36. The van der Waals surface area contributed by atoms with Crippen molar-refractivity contribution in [2.45, 2.75) is 49.7 Å². The van der Waals surface area contributed by atoms with Crippen LogP contribution >= 0.6 is 0 Å². The van der Waals surface area contributed by atoms with Crippen molar-refractivity contribution in [3.05, 3.63) is 90.5 Å². The number of halogens is 3. The Morgan fingerprint density at radius 2 is 1.37 bits per heavy atom. The van der Waals surface area contributed by atoms with Gasteiger partial charge < -0.3 is 14.2 Å². The highest BCUT2D eigenvalue weighted by Gasteiger charge is 2.64. The van der Waals surface area contributed by atoms with Crippen molar-refractivity contribution < 1.29 is 32.2 Å². The second-order valence-corrected chi connectivity index (χ2v) is 8.57. The molecule has 3 aromatic carbocycles. The average molecular weight is 485 g/mol. The van der Waals surface area contributed by atoms with Crippen molar-refractivity contribution in [2.24, 2.45) is 0 Å². The Kier molecular flexibility index (Phi) is 7.45. The van der Waals surface area contributed by atoms with Crippen LogP contribution in [0.2, 0.25) is 0 Å². The van der Waals surface area contributed by atoms with E-state index in [9.17, 15) is 18.0 Å². The first-order chi connectivity index (χ1) is 16.8. The fraction of sp³-hybridized carbons (Fsp3) is 0.321. The molecule has 0 unspecified atom stereocenters. The van der Waals surface area contributed by atoms with Crippen LogP contribution in [0.4, 0.5) is 13.2 Å². The van der Waals surface area contributed by atoms with Crippen LogP contribution in [0.5, 0.6) is 5.75 Å².